The zero-order chi connectivity index (χ0) is 16.9. The first-order valence-corrected chi connectivity index (χ1v) is 9.41. The number of ether oxygens (including phenoxy) is 2. The van der Waals surface area contributed by atoms with Gasteiger partial charge in [0, 0.05) is 11.3 Å². The molecular formula is C20H26O4. The number of hydrogen-bond donors (Lipinski definition) is 0. The van der Waals surface area contributed by atoms with Gasteiger partial charge in [0.05, 0.1) is 5.41 Å². The highest BCUT2D eigenvalue weighted by molar-refractivity contribution is 5.93. The van der Waals surface area contributed by atoms with E-state index < -0.39 is 16.4 Å². The number of esters is 2. The van der Waals surface area contributed by atoms with Crippen molar-refractivity contribution in [1.82, 2.24) is 0 Å². The van der Waals surface area contributed by atoms with Gasteiger partial charge in [-0.25, -0.2) is 4.79 Å². The van der Waals surface area contributed by atoms with Crippen LogP contribution in [0.4, 0.5) is 0 Å². The van der Waals surface area contributed by atoms with E-state index in [0.29, 0.717) is 30.6 Å². The van der Waals surface area contributed by atoms with E-state index in [1.54, 1.807) is 0 Å². The first-order chi connectivity index (χ1) is 11.3. The zero-order valence-corrected chi connectivity index (χ0v) is 14.7. The van der Waals surface area contributed by atoms with Crippen molar-refractivity contribution < 1.29 is 19.1 Å². The molecule has 4 heteroatoms. The minimum atomic E-state index is -1.08. The van der Waals surface area contributed by atoms with Crippen LogP contribution in [0.15, 0.2) is 12.2 Å². The molecule has 0 unspecified atom stereocenters. The normalized spacial score (nSPS) is 52.6. The molecule has 1 aliphatic heterocycles. The third-order valence-corrected chi connectivity index (χ3v) is 8.62. The van der Waals surface area contributed by atoms with Gasteiger partial charge in [-0.1, -0.05) is 26.0 Å². The highest BCUT2D eigenvalue weighted by Crippen LogP contribution is 2.66. The summed E-state index contributed by atoms with van der Waals surface area (Å²) in [4.78, 5) is 25.5. The monoisotopic (exact) mass is 330 g/mol. The van der Waals surface area contributed by atoms with E-state index in [2.05, 4.69) is 12.2 Å². The van der Waals surface area contributed by atoms with Crippen LogP contribution in [0, 0.1) is 34.5 Å². The zero-order valence-electron chi connectivity index (χ0n) is 14.7. The lowest BCUT2D eigenvalue weighted by molar-refractivity contribution is -0.189. The number of carbonyl (C=O) groups excluding carboxylic acids is 2. The summed E-state index contributed by atoms with van der Waals surface area (Å²) in [5.74, 6) is 2.00. The van der Waals surface area contributed by atoms with Crippen LogP contribution in [0.3, 0.4) is 0 Å². The molecule has 24 heavy (non-hydrogen) atoms. The Morgan fingerprint density at radius 3 is 2.67 bits per heavy atom. The summed E-state index contributed by atoms with van der Waals surface area (Å²) in [6, 6.07) is 0. The molecule has 0 spiro atoms. The minimum absolute atomic E-state index is 0.00262. The number of carbonyl (C=O) groups is 2. The molecule has 5 rings (SSSR count). The molecule has 0 aromatic heterocycles. The van der Waals surface area contributed by atoms with Crippen LogP contribution in [0.1, 0.15) is 52.9 Å². The Hall–Kier alpha value is -1.32. The molecule has 0 aromatic rings. The van der Waals surface area contributed by atoms with Gasteiger partial charge in [0.1, 0.15) is 6.10 Å². The van der Waals surface area contributed by atoms with Crippen molar-refractivity contribution in [2.24, 2.45) is 34.5 Å². The maximum Gasteiger partial charge on any atom is 0.351 e. The quantitative estimate of drug-likeness (QED) is 0.576. The molecule has 4 fully saturated rings. The average molecular weight is 330 g/mol. The molecule has 4 aliphatic carbocycles. The standard InChI is InChI=1S/C20H26O4/c1-18(2)19(3)7-8-20(18,24-16(19)21)17(22)23-15-10-11-9-14(15)13-6-4-5-12(11)13/h4,6,11-15H,5,7-10H2,1-3H3/t11-,12-,13-,14-,15+,19-,20+/m1/s1. The predicted molar refractivity (Wildman–Crippen MR) is 86.8 cm³/mol. The van der Waals surface area contributed by atoms with Crippen molar-refractivity contribution in [3.05, 3.63) is 12.2 Å². The fourth-order valence-electron chi connectivity index (χ4n) is 6.56. The molecule has 130 valence electrons. The Bertz CT molecular complexity index is 665. The third kappa shape index (κ3) is 1.44. The smallest absolute Gasteiger partial charge is 0.351 e. The van der Waals surface area contributed by atoms with Crippen LogP contribution < -0.4 is 0 Å². The highest BCUT2D eigenvalue weighted by Gasteiger charge is 2.76. The van der Waals surface area contributed by atoms with Crippen LogP contribution in [-0.2, 0) is 19.1 Å². The minimum Gasteiger partial charge on any atom is -0.459 e. The SMILES string of the molecule is CC1(C)[C@@]2(C(=O)O[C@H]3C[C@H]4C[C@@H]3[C@@H]3C=CC[C@H]43)CC[C@]1(C)C(=O)O2. The largest absolute Gasteiger partial charge is 0.459 e. The Balaban J connectivity index is 1.39. The van der Waals surface area contributed by atoms with Crippen molar-refractivity contribution >= 4 is 11.9 Å². The first-order valence-electron chi connectivity index (χ1n) is 9.41. The average Bonchev–Trinajstić information content (AvgIpc) is 3.26. The van der Waals surface area contributed by atoms with E-state index in [1.807, 2.05) is 20.8 Å². The Morgan fingerprint density at radius 1 is 1.21 bits per heavy atom. The highest BCUT2D eigenvalue weighted by atomic mass is 16.6. The first kappa shape index (κ1) is 15.0. The maximum atomic E-state index is 13.1. The van der Waals surface area contributed by atoms with Crippen molar-refractivity contribution in [3.8, 4) is 0 Å². The maximum absolute atomic E-state index is 13.1. The Labute approximate surface area is 143 Å². The van der Waals surface area contributed by atoms with E-state index in [9.17, 15) is 9.59 Å². The van der Waals surface area contributed by atoms with E-state index in [-0.39, 0.29) is 18.0 Å². The van der Waals surface area contributed by atoms with Crippen LogP contribution in [0.5, 0.6) is 0 Å². The summed E-state index contributed by atoms with van der Waals surface area (Å²) in [5, 5.41) is 0. The van der Waals surface area contributed by atoms with Crippen molar-refractivity contribution in [2.45, 2.75) is 64.6 Å². The van der Waals surface area contributed by atoms with Crippen LogP contribution in [0.25, 0.3) is 0 Å². The van der Waals surface area contributed by atoms with Crippen molar-refractivity contribution in [3.63, 3.8) is 0 Å². The fraction of sp³-hybridized carbons (Fsp3) is 0.800. The second-order valence-electron chi connectivity index (χ2n) is 9.42. The molecule has 0 aromatic carbocycles. The van der Waals surface area contributed by atoms with E-state index in [0.717, 1.165) is 12.3 Å². The van der Waals surface area contributed by atoms with Gasteiger partial charge in [-0.05, 0) is 56.8 Å². The van der Waals surface area contributed by atoms with Crippen LogP contribution in [-0.4, -0.2) is 23.6 Å². The summed E-state index contributed by atoms with van der Waals surface area (Å²) in [7, 11) is 0. The summed E-state index contributed by atoms with van der Waals surface area (Å²) in [6.45, 7) is 5.91. The molecule has 1 saturated heterocycles. The molecule has 0 N–H and O–H groups in total. The third-order valence-electron chi connectivity index (χ3n) is 8.62. The molecule has 4 nitrogen and oxygen atoms in total. The summed E-state index contributed by atoms with van der Waals surface area (Å²) >= 11 is 0. The topological polar surface area (TPSA) is 52.6 Å². The Morgan fingerprint density at radius 2 is 2.00 bits per heavy atom. The molecule has 1 heterocycles. The molecule has 3 saturated carbocycles. The molecule has 0 radical (unpaired) electrons. The summed E-state index contributed by atoms with van der Waals surface area (Å²) in [5.41, 5.74) is -2.16. The Kier molecular flexibility index (Phi) is 2.66. The summed E-state index contributed by atoms with van der Waals surface area (Å²) < 4.78 is 11.7. The van der Waals surface area contributed by atoms with Gasteiger partial charge in [0.2, 0.25) is 5.60 Å². The molecule has 5 aliphatic rings. The van der Waals surface area contributed by atoms with Gasteiger partial charge in [0.25, 0.3) is 0 Å². The fourth-order valence-corrected chi connectivity index (χ4v) is 6.56. The summed E-state index contributed by atoms with van der Waals surface area (Å²) in [6.07, 6.45) is 9.29. The van der Waals surface area contributed by atoms with Gasteiger partial charge < -0.3 is 9.47 Å². The number of allylic oxidation sites excluding steroid dienone is 2. The second-order valence-corrected chi connectivity index (χ2v) is 9.42. The van der Waals surface area contributed by atoms with Crippen molar-refractivity contribution in [1.29, 1.82) is 0 Å². The van der Waals surface area contributed by atoms with Gasteiger partial charge in [0.15, 0.2) is 0 Å². The lowest BCUT2D eigenvalue weighted by Gasteiger charge is -2.37. The molecule has 0 amide bonds. The van der Waals surface area contributed by atoms with Gasteiger partial charge in [-0.3, -0.25) is 4.79 Å². The van der Waals surface area contributed by atoms with E-state index in [1.165, 1.54) is 12.8 Å². The van der Waals surface area contributed by atoms with Gasteiger partial charge >= 0.3 is 11.9 Å². The molecule has 4 bridgehead atoms. The lowest BCUT2D eigenvalue weighted by Crippen LogP contribution is -2.50. The van der Waals surface area contributed by atoms with E-state index in [4.69, 9.17) is 9.47 Å². The van der Waals surface area contributed by atoms with Crippen LogP contribution in [0.2, 0.25) is 0 Å². The molecule has 7 atom stereocenters. The second kappa shape index (κ2) is 4.25. The van der Waals surface area contributed by atoms with Crippen LogP contribution >= 0.6 is 0 Å². The number of rotatable bonds is 2. The number of fused-ring (bicyclic) bond motifs is 7. The van der Waals surface area contributed by atoms with E-state index >= 15 is 0 Å². The predicted octanol–water partition coefficient (Wildman–Crippen LogP) is 3.25. The lowest BCUT2D eigenvalue weighted by atomic mass is 9.66. The number of hydrogen-bond acceptors (Lipinski definition) is 4. The molecular weight excluding hydrogens is 304 g/mol. The van der Waals surface area contributed by atoms with Gasteiger partial charge in [-0.2, -0.15) is 0 Å². The van der Waals surface area contributed by atoms with Gasteiger partial charge in [-0.15, -0.1) is 0 Å². The van der Waals surface area contributed by atoms with Crippen molar-refractivity contribution in [2.75, 3.05) is 0 Å².